The molecule has 1 atom stereocenters. The van der Waals surface area contributed by atoms with Crippen molar-refractivity contribution in [2.75, 3.05) is 13.4 Å². The van der Waals surface area contributed by atoms with Gasteiger partial charge in [0.05, 0.1) is 0 Å². The van der Waals surface area contributed by atoms with Crippen molar-refractivity contribution in [2.24, 2.45) is 5.73 Å². The van der Waals surface area contributed by atoms with Crippen molar-refractivity contribution < 1.29 is 14.6 Å². The summed E-state index contributed by atoms with van der Waals surface area (Å²) in [7, 11) is 0. The first kappa shape index (κ1) is 11.2. The van der Waals surface area contributed by atoms with Crippen molar-refractivity contribution in [3.8, 4) is 11.5 Å². The molecule has 1 unspecified atom stereocenters. The van der Waals surface area contributed by atoms with E-state index >= 15 is 0 Å². The Morgan fingerprint density at radius 2 is 2.06 bits per heavy atom. The molecule has 2 rings (SSSR count). The van der Waals surface area contributed by atoms with E-state index in [9.17, 15) is 0 Å². The summed E-state index contributed by atoms with van der Waals surface area (Å²) in [6.45, 7) is 0.520. The van der Waals surface area contributed by atoms with Crippen LogP contribution in [0, 0.1) is 0 Å². The molecular weight excluding hydrogens is 206 g/mol. The minimum absolute atomic E-state index is 0.000972. The number of fused-ring (bicyclic) bond motifs is 1. The largest absolute Gasteiger partial charge is 0.454 e. The van der Waals surface area contributed by atoms with E-state index in [0.717, 1.165) is 36.3 Å². The van der Waals surface area contributed by atoms with Crippen molar-refractivity contribution in [1.29, 1.82) is 0 Å². The van der Waals surface area contributed by atoms with Crippen molar-refractivity contribution in [1.82, 2.24) is 0 Å². The predicted molar refractivity (Wildman–Crippen MR) is 60.4 cm³/mol. The highest BCUT2D eigenvalue weighted by Crippen LogP contribution is 2.34. The molecule has 1 aromatic rings. The molecule has 4 heteroatoms. The SMILES string of the molecule is NC(CCCCO)c1ccc2c(c1)OCO2. The van der Waals surface area contributed by atoms with Crippen molar-refractivity contribution in [3.05, 3.63) is 23.8 Å². The van der Waals surface area contributed by atoms with Crippen LogP contribution in [0.4, 0.5) is 0 Å². The number of aliphatic hydroxyl groups is 1. The van der Waals surface area contributed by atoms with Gasteiger partial charge in [-0.05, 0) is 37.0 Å². The number of rotatable bonds is 5. The van der Waals surface area contributed by atoms with Crippen LogP contribution in [0.3, 0.4) is 0 Å². The minimum Gasteiger partial charge on any atom is -0.454 e. The van der Waals surface area contributed by atoms with Gasteiger partial charge < -0.3 is 20.3 Å². The zero-order valence-electron chi connectivity index (χ0n) is 9.19. The molecule has 16 heavy (non-hydrogen) atoms. The molecule has 4 nitrogen and oxygen atoms in total. The molecule has 0 fully saturated rings. The van der Waals surface area contributed by atoms with Crippen molar-refractivity contribution >= 4 is 0 Å². The van der Waals surface area contributed by atoms with Crippen LogP contribution < -0.4 is 15.2 Å². The molecule has 0 saturated carbocycles. The standard InChI is InChI=1S/C12H17NO3/c13-10(3-1-2-6-14)9-4-5-11-12(7-9)16-8-15-11/h4-5,7,10,14H,1-3,6,8,13H2. The number of benzene rings is 1. The first-order valence-corrected chi connectivity index (χ1v) is 5.57. The lowest BCUT2D eigenvalue weighted by Gasteiger charge is -2.12. The Hall–Kier alpha value is -1.26. The lowest BCUT2D eigenvalue weighted by molar-refractivity contribution is 0.174. The molecule has 0 aromatic heterocycles. The van der Waals surface area contributed by atoms with Gasteiger partial charge in [-0.2, -0.15) is 0 Å². The molecule has 1 aromatic carbocycles. The van der Waals surface area contributed by atoms with Gasteiger partial charge in [0.1, 0.15) is 0 Å². The number of hydrogen-bond donors (Lipinski definition) is 2. The van der Waals surface area contributed by atoms with Gasteiger partial charge in [0.25, 0.3) is 0 Å². The van der Waals surface area contributed by atoms with Gasteiger partial charge in [-0.3, -0.25) is 0 Å². The van der Waals surface area contributed by atoms with E-state index in [-0.39, 0.29) is 12.6 Å². The van der Waals surface area contributed by atoms with E-state index in [0.29, 0.717) is 6.79 Å². The first-order chi connectivity index (χ1) is 7.81. The van der Waals surface area contributed by atoms with Crippen LogP contribution in [-0.4, -0.2) is 18.5 Å². The van der Waals surface area contributed by atoms with E-state index < -0.39 is 0 Å². The number of hydrogen-bond acceptors (Lipinski definition) is 4. The summed E-state index contributed by atoms with van der Waals surface area (Å²) in [4.78, 5) is 0. The van der Waals surface area contributed by atoms with Gasteiger partial charge in [0.15, 0.2) is 11.5 Å². The van der Waals surface area contributed by atoms with Crippen LogP contribution in [-0.2, 0) is 0 Å². The highest BCUT2D eigenvalue weighted by atomic mass is 16.7. The van der Waals surface area contributed by atoms with E-state index in [1.165, 1.54) is 0 Å². The summed E-state index contributed by atoms with van der Waals surface area (Å²) in [6, 6.07) is 5.80. The Morgan fingerprint density at radius 1 is 1.25 bits per heavy atom. The first-order valence-electron chi connectivity index (χ1n) is 5.57. The molecule has 0 bridgehead atoms. The minimum atomic E-state index is 0.000972. The smallest absolute Gasteiger partial charge is 0.231 e. The second-order valence-electron chi connectivity index (χ2n) is 3.94. The molecule has 3 N–H and O–H groups in total. The van der Waals surface area contributed by atoms with Gasteiger partial charge >= 0.3 is 0 Å². The van der Waals surface area contributed by atoms with Crippen molar-refractivity contribution in [3.63, 3.8) is 0 Å². The van der Waals surface area contributed by atoms with Gasteiger partial charge in [-0.25, -0.2) is 0 Å². The normalized spacial score (nSPS) is 15.1. The Kier molecular flexibility index (Phi) is 3.64. The van der Waals surface area contributed by atoms with Gasteiger partial charge in [-0.15, -0.1) is 0 Å². The molecule has 0 spiro atoms. The summed E-state index contributed by atoms with van der Waals surface area (Å²) in [5.41, 5.74) is 7.11. The van der Waals surface area contributed by atoms with Gasteiger partial charge in [0, 0.05) is 12.6 Å². The van der Waals surface area contributed by atoms with Crippen LogP contribution in [0.15, 0.2) is 18.2 Å². The quantitative estimate of drug-likeness (QED) is 0.744. The monoisotopic (exact) mass is 223 g/mol. The van der Waals surface area contributed by atoms with Gasteiger partial charge in [0.2, 0.25) is 6.79 Å². The zero-order chi connectivity index (χ0) is 11.4. The van der Waals surface area contributed by atoms with Crippen LogP contribution in [0.5, 0.6) is 11.5 Å². The molecule has 0 amide bonds. The fourth-order valence-corrected chi connectivity index (χ4v) is 1.79. The summed E-state index contributed by atoms with van der Waals surface area (Å²) in [6.07, 6.45) is 2.62. The van der Waals surface area contributed by atoms with E-state index in [2.05, 4.69) is 0 Å². The zero-order valence-corrected chi connectivity index (χ0v) is 9.19. The van der Waals surface area contributed by atoms with E-state index in [1.807, 2.05) is 18.2 Å². The summed E-state index contributed by atoms with van der Waals surface area (Å²) in [5, 5.41) is 8.70. The third-order valence-corrected chi connectivity index (χ3v) is 2.75. The van der Waals surface area contributed by atoms with Crippen LogP contribution in [0.2, 0.25) is 0 Å². The molecule has 1 heterocycles. The highest BCUT2D eigenvalue weighted by Gasteiger charge is 2.15. The highest BCUT2D eigenvalue weighted by molar-refractivity contribution is 5.45. The van der Waals surface area contributed by atoms with Crippen molar-refractivity contribution in [2.45, 2.75) is 25.3 Å². The number of nitrogens with two attached hydrogens (primary N) is 1. The summed E-state index contributed by atoms with van der Waals surface area (Å²) >= 11 is 0. The maximum absolute atomic E-state index is 8.70. The second kappa shape index (κ2) is 5.18. The Morgan fingerprint density at radius 3 is 2.88 bits per heavy atom. The fraction of sp³-hybridized carbons (Fsp3) is 0.500. The Bertz CT molecular complexity index is 354. The Labute approximate surface area is 95.0 Å². The average molecular weight is 223 g/mol. The maximum Gasteiger partial charge on any atom is 0.231 e. The topological polar surface area (TPSA) is 64.7 Å². The van der Waals surface area contributed by atoms with Crippen LogP contribution >= 0.6 is 0 Å². The number of unbranched alkanes of at least 4 members (excludes halogenated alkanes) is 1. The molecule has 1 aliphatic rings. The maximum atomic E-state index is 8.70. The molecule has 0 aliphatic carbocycles. The summed E-state index contributed by atoms with van der Waals surface area (Å²) < 4.78 is 10.5. The number of aliphatic hydroxyl groups excluding tert-OH is 1. The van der Waals surface area contributed by atoms with Crippen LogP contribution in [0.25, 0.3) is 0 Å². The molecule has 0 saturated heterocycles. The molecular formula is C12H17NO3. The molecule has 0 radical (unpaired) electrons. The third-order valence-electron chi connectivity index (χ3n) is 2.75. The lowest BCUT2D eigenvalue weighted by Crippen LogP contribution is -2.10. The third kappa shape index (κ3) is 2.46. The Balaban J connectivity index is 1.98. The van der Waals surface area contributed by atoms with Crippen LogP contribution in [0.1, 0.15) is 30.9 Å². The predicted octanol–water partition coefficient (Wildman–Crippen LogP) is 1.58. The molecule has 1 aliphatic heterocycles. The number of ether oxygens (including phenoxy) is 2. The second-order valence-corrected chi connectivity index (χ2v) is 3.94. The van der Waals surface area contributed by atoms with E-state index in [4.69, 9.17) is 20.3 Å². The molecule has 88 valence electrons. The lowest BCUT2D eigenvalue weighted by atomic mass is 10.0. The fourth-order valence-electron chi connectivity index (χ4n) is 1.79. The summed E-state index contributed by atoms with van der Waals surface area (Å²) in [5.74, 6) is 1.56. The average Bonchev–Trinajstić information content (AvgIpc) is 2.76. The van der Waals surface area contributed by atoms with Gasteiger partial charge in [-0.1, -0.05) is 6.07 Å². The van der Waals surface area contributed by atoms with E-state index in [1.54, 1.807) is 0 Å².